The van der Waals surface area contributed by atoms with Crippen LogP contribution in [0.3, 0.4) is 0 Å². The first-order valence-corrected chi connectivity index (χ1v) is 10.6. The number of methoxy groups -OCH3 is 1. The molecule has 1 aromatic heterocycles. The van der Waals surface area contributed by atoms with E-state index in [1.165, 1.54) is 39.3 Å². The number of rotatable bonds is 11. The number of aliphatic carboxylic acids is 1. The second-order valence-electron chi connectivity index (χ2n) is 8.00. The third-order valence-electron chi connectivity index (χ3n) is 4.94. The topological polar surface area (TPSA) is 104 Å². The van der Waals surface area contributed by atoms with Crippen molar-refractivity contribution in [2.75, 3.05) is 20.3 Å². The Hall–Kier alpha value is -4.07. The van der Waals surface area contributed by atoms with E-state index in [0.29, 0.717) is 23.8 Å². The summed E-state index contributed by atoms with van der Waals surface area (Å²) in [5.41, 5.74) is 0.0997. The lowest BCUT2D eigenvalue weighted by atomic mass is 10.0. The minimum Gasteiger partial charge on any atom is -0.497 e. The molecule has 0 aliphatic carbocycles. The zero-order chi connectivity index (χ0) is 24.7. The minimum atomic E-state index is -1.54. The van der Waals surface area contributed by atoms with Crippen LogP contribution in [0.25, 0.3) is 0 Å². The standard InChI is InChI=1S/C26H27NO7/c1-17-5-8-19(9-6-17)32-13-14-33-23-12-7-18(16-27-23)24(28)21-11-10-20(31-4)15-22(21)34-26(2,3)25(29)30/h5-12,15-16H,13-14H2,1-4H3,(H,29,30). The molecular weight excluding hydrogens is 438 g/mol. The van der Waals surface area contributed by atoms with Gasteiger partial charge in [-0.25, -0.2) is 9.78 Å². The largest absolute Gasteiger partial charge is 0.497 e. The number of benzene rings is 2. The number of ether oxygens (including phenoxy) is 4. The van der Waals surface area contributed by atoms with Crippen LogP contribution in [0, 0.1) is 6.92 Å². The fourth-order valence-electron chi connectivity index (χ4n) is 2.92. The zero-order valence-corrected chi connectivity index (χ0v) is 19.5. The van der Waals surface area contributed by atoms with E-state index < -0.39 is 11.6 Å². The number of hydrogen-bond acceptors (Lipinski definition) is 7. The number of pyridine rings is 1. The lowest BCUT2D eigenvalue weighted by Crippen LogP contribution is -2.38. The lowest BCUT2D eigenvalue weighted by molar-refractivity contribution is -0.152. The molecule has 3 rings (SSSR count). The van der Waals surface area contributed by atoms with Crippen molar-refractivity contribution in [2.45, 2.75) is 26.4 Å². The zero-order valence-electron chi connectivity index (χ0n) is 19.5. The monoisotopic (exact) mass is 465 g/mol. The van der Waals surface area contributed by atoms with Gasteiger partial charge < -0.3 is 24.1 Å². The van der Waals surface area contributed by atoms with Crippen molar-refractivity contribution in [2.24, 2.45) is 0 Å². The summed E-state index contributed by atoms with van der Waals surface area (Å²) in [4.78, 5) is 28.8. The molecule has 1 heterocycles. The minimum absolute atomic E-state index is 0.102. The van der Waals surface area contributed by atoms with Crippen LogP contribution in [-0.4, -0.2) is 47.8 Å². The van der Waals surface area contributed by atoms with Crippen molar-refractivity contribution in [3.63, 3.8) is 0 Å². The highest BCUT2D eigenvalue weighted by atomic mass is 16.5. The van der Waals surface area contributed by atoms with Gasteiger partial charge in [0, 0.05) is 23.9 Å². The number of nitrogens with zero attached hydrogens (tertiary/aromatic N) is 1. The van der Waals surface area contributed by atoms with Crippen molar-refractivity contribution < 1.29 is 33.6 Å². The molecular formula is C26H27NO7. The molecule has 0 amide bonds. The van der Waals surface area contributed by atoms with E-state index in [0.717, 1.165) is 11.3 Å². The second-order valence-corrected chi connectivity index (χ2v) is 8.00. The van der Waals surface area contributed by atoms with Crippen molar-refractivity contribution >= 4 is 11.8 Å². The van der Waals surface area contributed by atoms with Gasteiger partial charge in [0.2, 0.25) is 5.88 Å². The van der Waals surface area contributed by atoms with Crippen LogP contribution in [-0.2, 0) is 4.79 Å². The van der Waals surface area contributed by atoms with E-state index in [2.05, 4.69) is 4.98 Å². The number of carbonyl (C=O) groups is 2. The molecule has 1 N–H and O–H groups in total. The summed E-state index contributed by atoms with van der Waals surface area (Å²) in [5.74, 6) is 0.102. The van der Waals surface area contributed by atoms with Gasteiger partial charge in [-0.1, -0.05) is 17.7 Å². The van der Waals surface area contributed by atoms with Gasteiger partial charge in [0.05, 0.1) is 12.7 Å². The normalized spacial score (nSPS) is 10.9. The smallest absolute Gasteiger partial charge is 0.347 e. The fourth-order valence-corrected chi connectivity index (χ4v) is 2.92. The van der Waals surface area contributed by atoms with Gasteiger partial charge >= 0.3 is 5.97 Å². The molecule has 3 aromatic rings. The summed E-state index contributed by atoms with van der Waals surface area (Å²) < 4.78 is 22.0. The maximum absolute atomic E-state index is 13.1. The first-order chi connectivity index (χ1) is 16.2. The highest BCUT2D eigenvalue weighted by molar-refractivity contribution is 6.10. The van der Waals surface area contributed by atoms with Crippen molar-refractivity contribution in [1.29, 1.82) is 0 Å². The summed E-state index contributed by atoms with van der Waals surface area (Å²) in [7, 11) is 1.47. The molecule has 0 fully saturated rings. The first-order valence-electron chi connectivity index (χ1n) is 10.6. The van der Waals surface area contributed by atoms with E-state index in [9.17, 15) is 14.7 Å². The number of carbonyl (C=O) groups excluding carboxylic acids is 1. The van der Waals surface area contributed by atoms with Gasteiger partial charge in [-0.15, -0.1) is 0 Å². The molecule has 0 saturated carbocycles. The van der Waals surface area contributed by atoms with E-state index in [1.807, 2.05) is 31.2 Å². The Morgan fingerprint density at radius 3 is 2.24 bits per heavy atom. The van der Waals surface area contributed by atoms with E-state index in [4.69, 9.17) is 18.9 Å². The molecule has 34 heavy (non-hydrogen) atoms. The van der Waals surface area contributed by atoms with E-state index >= 15 is 0 Å². The number of aryl methyl sites for hydroxylation is 1. The van der Waals surface area contributed by atoms with Crippen LogP contribution in [0.2, 0.25) is 0 Å². The fraction of sp³-hybridized carbons (Fsp3) is 0.269. The average molecular weight is 466 g/mol. The Kier molecular flexibility index (Phi) is 7.73. The van der Waals surface area contributed by atoms with Crippen molar-refractivity contribution in [3.05, 3.63) is 77.5 Å². The highest BCUT2D eigenvalue weighted by Gasteiger charge is 2.31. The quantitative estimate of drug-likeness (QED) is 0.330. The molecule has 2 aromatic carbocycles. The lowest BCUT2D eigenvalue weighted by Gasteiger charge is -2.23. The third-order valence-corrected chi connectivity index (χ3v) is 4.94. The number of carboxylic acid groups (broad SMARTS) is 1. The van der Waals surface area contributed by atoms with Crippen molar-refractivity contribution in [1.82, 2.24) is 4.98 Å². The predicted octanol–water partition coefficient (Wildman–Crippen LogP) is 4.33. The van der Waals surface area contributed by atoms with Crippen LogP contribution in [0.15, 0.2) is 60.8 Å². The van der Waals surface area contributed by atoms with Crippen LogP contribution in [0.1, 0.15) is 35.3 Å². The summed E-state index contributed by atoms with van der Waals surface area (Å²) in [6, 6.07) is 15.5. The Balaban J connectivity index is 1.66. The predicted molar refractivity (Wildman–Crippen MR) is 125 cm³/mol. The maximum atomic E-state index is 13.1. The van der Waals surface area contributed by atoms with Crippen molar-refractivity contribution in [3.8, 4) is 23.1 Å². The van der Waals surface area contributed by atoms with Gasteiger partial charge in [0.25, 0.3) is 0 Å². The Morgan fingerprint density at radius 2 is 1.62 bits per heavy atom. The van der Waals surface area contributed by atoms with Crippen LogP contribution in [0.4, 0.5) is 0 Å². The summed E-state index contributed by atoms with van der Waals surface area (Å²) >= 11 is 0. The Bertz CT molecular complexity index is 1140. The van der Waals surface area contributed by atoms with Gasteiger partial charge in [-0.2, -0.15) is 0 Å². The van der Waals surface area contributed by atoms with Gasteiger partial charge in [-0.05, 0) is 51.1 Å². The second kappa shape index (κ2) is 10.7. The van der Waals surface area contributed by atoms with Gasteiger partial charge in [0.1, 0.15) is 30.5 Å². The molecule has 0 aliphatic rings. The molecule has 0 radical (unpaired) electrons. The molecule has 0 bridgehead atoms. The van der Waals surface area contributed by atoms with Gasteiger partial charge in [0.15, 0.2) is 11.4 Å². The van der Waals surface area contributed by atoms with Crippen LogP contribution < -0.4 is 18.9 Å². The van der Waals surface area contributed by atoms with Gasteiger partial charge in [-0.3, -0.25) is 4.79 Å². The average Bonchev–Trinajstić information content (AvgIpc) is 2.82. The van der Waals surface area contributed by atoms with E-state index in [-0.39, 0.29) is 23.7 Å². The molecule has 8 nitrogen and oxygen atoms in total. The molecule has 0 spiro atoms. The number of carboxylic acids is 1. The molecule has 0 unspecified atom stereocenters. The number of ketones is 1. The summed E-state index contributed by atoms with van der Waals surface area (Å²) in [6.45, 7) is 5.44. The van der Waals surface area contributed by atoms with Crippen LogP contribution in [0.5, 0.6) is 23.1 Å². The Labute approximate surface area is 198 Å². The molecule has 0 aliphatic heterocycles. The third kappa shape index (κ3) is 6.25. The summed E-state index contributed by atoms with van der Waals surface area (Å²) in [6.07, 6.45) is 1.40. The number of hydrogen-bond donors (Lipinski definition) is 1. The first kappa shape index (κ1) is 24.6. The molecule has 178 valence electrons. The molecule has 0 atom stereocenters. The van der Waals surface area contributed by atoms with Crippen LogP contribution >= 0.6 is 0 Å². The Morgan fingerprint density at radius 1 is 0.941 bits per heavy atom. The van der Waals surface area contributed by atoms with E-state index in [1.54, 1.807) is 18.2 Å². The number of aromatic nitrogens is 1. The summed E-state index contributed by atoms with van der Waals surface area (Å²) in [5, 5.41) is 9.40. The SMILES string of the molecule is COc1ccc(C(=O)c2ccc(OCCOc3ccc(C)cc3)nc2)c(OC(C)(C)C(=O)O)c1. The maximum Gasteiger partial charge on any atom is 0.347 e. The highest BCUT2D eigenvalue weighted by Crippen LogP contribution is 2.30. The molecule has 8 heteroatoms. The molecule has 0 saturated heterocycles.